The Hall–Kier alpha value is -2.61. The third-order valence-electron chi connectivity index (χ3n) is 6.74. The zero-order valence-electron chi connectivity index (χ0n) is 18.9. The van der Waals surface area contributed by atoms with Gasteiger partial charge in [0.25, 0.3) is 11.8 Å². The number of hydrogen-bond donors (Lipinski definition) is 1. The summed E-state index contributed by atoms with van der Waals surface area (Å²) in [4.78, 5) is 43.6. The lowest BCUT2D eigenvalue weighted by molar-refractivity contribution is -0.142. The third kappa shape index (κ3) is 5.06. The minimum absolute atomic E-state index is 0.0197. The van der Waals surface area contributed by atoms with Crippen molar-refractivity contribution >= 4 is 23.4 Å². The van der Waals surface area contributed by atoms with Crippen LogP contribution in [0.5, 0.6) is 0 Å². The van der Waals surface area contributed by atoms with Crippen molar-refractivity contribution in [2.75, 3.05) is 50.8 Å². The minimum Gasteiger partial charge on any atom is -0.371 e. The van der Waals surface area contributed by atoms with Gasteiger partial charge < -0.3 is 24.8 Å². The van der Waals surface area contributed by atoms with Gasteiger partial charge in [0, 0.05) is 64.0 Å². The van der Waals surface area contributed by atoms with Crippen molar-refractivity contribution in [2.45, 2.75) is 51.2 Å². The number of amides is 3. The van der Waals surface area contributed by atoms with Gasteiger partial charge in [-0.25, -0.2) is 0 Å². The first-order valence-electron chi connectivity index (χ1n) is 11.9. The normalized spacial score (nSPS) is 22.2. The SMILES string of the molecule is CCC(=O)NC1CCN(c2ccccc2C(=O)N2CCN(C(=O)C3CCCO3)CC2)CC1. The van der Waals surface area contributed by atoms with Crippen molar-refractivity contribution < 1.29 is 19.1 Å². The van der Waals surface area contributed by atoms with E-state index in [1.807, 2.05) is 41.0 Å². The molecule has 32 heavy (non-hydrogen) atoms. The van der Waals surface area contributed by atoms with Gasteiger partial charge in [0.1, 0.15) is 6.10 Å². The van der Waals surface area contributed by atoms with Crippen molar-refractivity contribution in [1.82, 2.24) is 15.1 Å². The van der Waals surface area contributed by atoms with E-state index in [9.17, 15) is 14.4 Å². The third-order valence-corrected chi connectivity index (χ3v) is 6.74. The quantitative estimate of drug-likeness (QED) is 0.750. The molecule has 0 bridgehead atoms. The molecule has 3 amide bonds. The molecule has 0 aromatic heterocycles. The van der Waals surface area contributed by atoms with Gasteiger partial charge in [-0.05, 0) is 37.8 Å². The molecule has 174 valence electrons. The molecule has 3 fully saturated rings. The molecule has 4 rings (SSSR count). The van der Waals surface area contributed by atoms with Crippen LogP contribution in [0.4, 0.5) is 5.69 Å². The number of benzene rings is 1. The summed E-state index contributed by atoms with van der Waals surface area (Å²) in [5.74, 6) is 0.176. The zero-order chi connectivity index (χ0) is 22.5. The van der Waals surface area contributed by atoms with Gasteiger partial charge in [-0.3, -0.25) is 14.4 Å². The van der Waals surface area contributed by atoms with Crippen LogP contribution in [0.15, 0.2) is 24.3 Å². The van der Waals surface area contributed by atoms with Crippen LogP contribution in [0, 0.1) is 0 Å². The summed E-state index contributed by atoms with van der Waals surface area (Å²) in [5.41, 5.74) is 1.66. The Balaban J connectivity index is 1.35. The number of carbonyl (C=O) groups excluding carboxylic acids is 3. The number of ether oxygens (including phenoxy) is 1. The highest BCUT2D eigenvalue weighted by atomic mass is 16.5. The molecule has 0 spiro atoms. The smallest absolute Gasteiger partial charge is 0.256 e. The monoisotopic (exact) mass is 442 g/mol. The number of hydrogen-bond acceptors (Lipinski definition) is 5. The molecule has 1 atom stereocenters. The molecule has 8 heteroatoms. The lowest BCUT2D eigenvalue weighted by Crippen LogP contribution is -2.53. The first kappa shape index (κ1) is 22.6. The van der Waals surface area contributed by atoms with Crippen LogP contribution in [0.25, 0.3) is 0 Å². The number of nitrogens with zero attached hydrogens (tertiary/aromatic N) is 3. The second-order valence-corrected chi connectivity index (χ2v) is 8.82. The van der Waals surface area contributed by atoms with Crippen LogP contribution >= 0.6 is 0 Å². The molecule has 0 saturated carbocycles. The average molecular weight is 443 g/mol. The Kier molecular flexibility index (Phi) is 7.29. The molecule has 3 heterocycles. The number of nitrogens with one attached hydrogen (secondary N) is 1. The maximum atomic E-state index is 13.4. The molecule has 8 nitrogen and oxygen atoms in total. The Morgan fingerprint density at radius 1 is 0.969 bits per heavy atom. The Morgan fingerprint density at radius 3 is 2.31 bits per heavy atom. The summed E-state index contributed by atoms with van der Waals surface area (Å²) in [5, 5.41) is 3.08. The summed E-state index contributed by atoms with van der Waals surface area (Å²) in [6.45, 7) is 6.32. The van der Waals surface area contributed by atoms with E-state index in [1.54, 1.807) is 0 Å². The Bertz CT molecular complexity index is 823. The van der Waals surface area contributed by atoms with Crippen molar-refractivity contribution in [3.63, 3.8) is 0 Å². The minimum atomic E-state index is -0.303. The van der Waals surface area contributed by atoms with Crippen LogP contribution in [0.2, 0.25) is 0 Å². The topological polar surface area (TPSA) is 82.2 Å². The summed E-state index contributed by atoms with van der Waals surface area (Å²) in [6, 6.07) is 7.98. The van der Waals surface area contributed by atoms with Gasteiger partial charge in [-0.15, -0.1) is 0 Å². The van der Waals surface area contributed by atoms with E-state index < -0.39 is 0 Å². The molecule has 1 N–H and O–H groups in total. The van der Waals surface area contributed by atoms with E-state index in [1.165, 1.54) is 0 Å². The molecule has 0 aliphatic carbocycles. The van der Waals surface area contributed by atoms with Crippen LogP contribution in [-0.2, 0) is 14.3 Å². The molecule has 3 aliphatic rings. The zero-order valence-corrected chi connectivity index (χ0v) is 18.9. The summed E-state index contributed by atoms with van der Waals surface area (Å²) < 4.78 is 5.53. The van der Waals surface area contributed by atoms with Gasteiger partial charge >= 0.3 is 0 Å². The standard InChI is InChI=1S/C24H34N4O4/c1-2-22(29)25-18-9-11-26(12-10-18)20-7-4-3-6-19(20)23(30)27-13-15-28(16-14-27)24(31)21-8-5-17-32-21/h3-4,6-7,18,21H,2,5,8-17H2,1H3,(H,25,29). The van der Waals surface area contributed by atoms with E-state index in [2.05, 4.69) is 10.2 Å². The summed E-state index contributed by atoms with van der Waals surface area (Å²) in [7, 11) is 0. The van der Waals surface area contributed by atoms with E-state index in [-0.39, 0.29) is 29.9 Å². The van der Waals surface area contributed by atoms with Gasteiger partial charge in [0.15, 0.2) is 0 Å². The van der Waals surface area contributed by atoms with Crippen LogP contribution in [0.3, 0.4) is 0 Å². The van der Waals surface area contributed by atoms with Crippen LogP contribution < -0.4 is 10.2 Å². The average Bonchev–Trinajstić information content (AvgIpc) is 3.39. The van der Waals surface area contributed by atoms with E-state index >= 15 is 0 Å². The lowest BCUT2D eigenvalue weighted by Gasteiger charge is -2.37. The Labute approximate surface area is 189 Å². The fourth-order valence-corrected chi connectivity index (χ4v) is 4.80. The van der Waals surface area contributed by atoms with E-state index in [4.69, 9.17) is 4.74 Å². The van der Waals surface area contributed by atoms with Crippen LogP contribution in [0.1, 0.15) is 49.4 Å². The lowest BCUT2D eigenvalue weighted by atomic mass is 10.0. The molecule has 0 radical (unpaired) electrons. The van der Waals surface area contributed by atoms with Crippen molar-refractivity contribution in [1.29, 1.82) is 0 Å². The number of piperidine rings is 1. The molecular formula is C24H34N4O4. The highest BCUT2D eigenvalue weighted by molar-refractivity contribution is 6.00. The second kappa shape index (κ2) is 10.3. The Morgan fingerprint density at radius 2 is 1.66 bits per heavy atom. The highest BCUT2D eigenvalue weighted by Gasteiger charge is 2.32. The van der Waals surface area contributed by atoms with Crippen molar-refractivity contribution in [3.05, 3.63) is 29.8 Å². The van der Waals surface area contributed by atoms with Gasteiger partial charge in [-0.1, -0.05) is 19.1 Å². The van der Waals surface area contributed by atoms with Gasteiger partial charge in [0.2, 0.25) is 5.91 Å². The van der Waals surface area contributed by atoms with E-state index in [0.29, 0.717) is 44.8 Å². The number of piperazine rings is 1. The molecular weight excluding hydrogens is 408 g/mol. The fourth-order valence-electron chi connectivity index (χ4n) is 4.80. The molecule has 1 aromatic rings. The molecule has 3 saturated heterocycles. The maximum absolute atomic E-state index is 13.4. The summed E-state index contributed by atoms with van der Waals surface area (Å²) in [6.07, 6.45) is 3.68. The number of para-hydroxylation sites is 1. The van der Waals surface area contributed by atoms with Crippen LogP contribution in [-0.4, -0.2) is 85.5 Å². The number of carbonyl (C=O) groups is 3. The predicted molar refractivity (Wildman–Crippen MR) is 122 cm³/mol. The van der Waals surface area contributed by atoms with Gasteiger partial charge in [-0.2, -0.15) is 0 Å². The van der Waals surface area contributed by atoms with Crippen molar-refractivity contribution in [3.8, 4) is 0 Å². The number of rotatable bonds is 5. The van der Waals surface area contributed by atoms with Gasteiger partial charge in [0.05, 0.1) is 5.56 Å². The summed E-state index contributed by atoms with van der Waals surface area (Å²) >= 11 is 0. The maximum Gasteiger partial charge on any atom is 0.256 e. The molecule has 3 aliphatic heterocycles. The molecule has 1 unspecified atom stereocenters. The fraction of sp³-hybridized carbons (Fsp3) is 0.625. The van der Waals surface area contributed by atoms with E-state index in [0.717, 1.165) is 44.5 Å². The molecule has 1 aromatic carbocycles. The second-order valence-electron chi connectivity index (χ2n) is 8.82. The number of anilines is 1. The first-order chi connectivity index (χ1) is 15.6. The predicted octanol–water partition coefficient (Wildman–Crippen LogP) is 1.65. The largest absolute Gasteiger partial charge is 0.371 e. The van der Waals surface area contributed by atoms with Crippen molar-refractivity contribution in [2.24, 2.45) is 0 Å². The first-order valence-corrected chi connectivity index (χ1v) is 11.9. The highest BCUT2D eigenvalue weighted by Crippen LogP contribution is 2.26.